The Morgan fingerprint density at radius 1 is 0.936 bits per heavy atom. The number of amides is 1. The average molecular weight is 658 g/mol. The minimum absolute atomic E-state index is 0.00690. The molecule has 11 nitrogen and oxygen atoms in total. The molecule has 1 atom stereocenters. The maximum absolute atomic E-state index is 15.3. The van der Waals surface area contributed by atoms with E-state index in [4.69, 9.17) is 14.2 Å². The van der Waals surface area contributed by atoms with Gasteiger partial charge in [0.25, 0.3) is 15.9 Å². The number of hydrogen-bond donors (Lipinski definition) is 0. The summed E-state index contributed by atoms with van der Waals surface area (Å²) in [6.07, 6.45) is 2.67. The number of ether oxygens (including phenoxy) is 3. The van der Waals surface area contributed by atoms with Crippen LogP contribution in [0.25, 0.3) is 0 Å². The van der Waals surface area contributed by atoms with Crippen LogP contribution in [0.5, 0.6) is 17.2 Å². The van der Waals surface area contributed by atoms with Crippen molar-refractivity contribution >= 4 is 27.3 Å². The van der Waals surface area contributed by atoms with Gasteiger partial charge in [-0.3, -0.25) is 14.7 Å². The number of para-hydroxylation sites is 1. The van der Waals surface area contributed by atoms with Gasteiger partial charge in [0.2, 0.25) is 0 Å². The zero-order chi connectivity index (χ0) is 33.3. The second kappa shape index (κ2) is 12.5. The monoisotopic (exact) mass is 657 g/mol. The molecule has 3 heterocycles. The Morgan fingerprint density at radius 2 is 1.70 bits per heavy atom. The van der Waals surface area contributed by atoms with Crippen LogP contribution >= 0.6 is 0 Å². The number of benzene rings is 3. The third-order valence-corrected chi connectivity index (χ3v) is 10.3. The maximum Gasteiger partial charge on any atom is 0.274 e. The second-order valence-corrected chi connectivity index (χ2v) is 12.6. The van der Waals surface area contributed by atoms with Crippen molar-refractivity contribution in [3.8, 4) is 23.3 Å². The van der Waals surface area contributed by atoms with E-state index in [9.17, 15) is 18.1 Å². The third kappa shape index (κ3) is 5.10. The van der Waals surface area contributed by atoms with Crippen LogP contribution in [0.1, 0.15) is 23.6 Å². The van der Waals surface area contributed by atoms with Crippen molar-refractivity contribution in [2.24, 2.45) is 0 Å². The molecule has 0 radical (unpaired) electrons. The van der Waals surface area contributed by atoms with Crippen LogP contribution < -0.4 is 23.4 Å². The molecule has 6 rings (SSSR count). The molecule has 4 aromatic rings. The van der Waals surface area contributed by atoms with Gasteiger partial charge < -0.3 is 19.1 Å². The van der Waals surface area contributed by atoms with Crippen LogP contribution in [0.2, 0.25) is 0 Å². The predicted molar refractivity (Wildman–Crippen MR) is 172 cm³/mol. The number of hydrogen-bond acceptors (Lipinski definition) is 10. The van der Waals surface area contributed by atoms with Crippen molar-refractivity contribution in [1.29, 1.82) is 5.26 Å². The highest BCUT2D eigenvalue weighted by molar-refractivity contribution is 7.93. The van der Waals surface area contributed by atoms with Crippen molar-refractivity contribution in [3.05, 3.63) is 102 Å². The molecule has 0 bridgehead atoms. The molecule has 1 fully saturated rings. The number of carbonyl (C=O) groups excluding carboxylic acids is 1. The molecule has 1 amide bonds. The van der Waals surface area contributed by atoms with E-state index >= 15 is 4.79 Å². The minimum Gasteiger partial charge on any atom is -0.497 e. The first-order valence-corrected chi connectivity index (χ1v) is 16.3. The topological polar surface area (TPSA) is 125 Å². The number of anilines is 2. The Balaban J connectivity index is 1.58. The normalized spacial score (nSPS) is 18.1. The van der Waals surface area contributed by atoms with Crippen LogP contribution in [0.4, 0.5) is 15.8 Å². The Kier molecular flexibility index (Phi) is 8.48. The fourth-order valence-corrected chi connectivity index (χ4v) is 8.06. The molecular weight excluding hydrogens is 625 g/mol. The first-order chi connectivity index (χ1) is 22.7. The Labute approximate surface area is 272 Å². The van der Waals surface area contributed by atoms with Crippen LogP contribution in [0, 0.1) is 17.1 Å². The van der Waals surface area contributed by atoms with Gasteiger partial charge in [-0.2, -0.15) is 5.26 Å². The van der Waals surface area contributed by atoms with E-state index in [0.29, 0.717) is 41.4 Å². The van der Waals surface area contributed by atoms with Crippen LogP contribution in [0.15, 0.2) is 84.0 Å². The van der Waals surface area contributed by atoms with Gasteiger partial charge in [-0.25, -0.2) is 17.1 Å². The van der Waals surface area contributed by atoms with Crippen LogP contribution in [-0.4, -0.2) is 71.2 Å². The SMILES string of the molecule is CCOc1ccccc1C1(N2CCN(c3ccncc3F)CC2)C(=O)N(S(=O)(=O)c2ccc(OC)cc2OC)c2ccc(C#N)cc21. The number of carbonyl (C=O) groups is 1. The largest absolute Gasteiger partial charge is 0.497 e. The number of fused-ring (bicyclic) bond motifs is 1. The number of piperazine rings is 1. The lowest BCUT2D eigenvalue weighted by molar-refractivity contribution is -0.127. The predicted octanol–water partition coefficient (Wildman–Crippen LogP) is 4.31. The number of sulfonamides is 1. The quantitative estimate of drug-likeness (QED) is 0.257. The van der Waals surface area contributed by atoms with Gasteiger partial charge in [0, 0.05) is 49.6 Å². The number of halogens is 1. The average Bonchev–Trinajstić information content (AvgIpc) is 3.36. The molecule has 0 saturated carbocycles. The smallest absolute Gasteiger partial charge is 0.274 e. The van der Waals surface area contributed by atoms with Crippen molar-refractivity contribution < 1.29 is 31.8 Å². The summed E-state index contributed by atoms with van der Waals surface area (Å²) in [7, 11) is -1.82. The van der Waals surface area contributed by atoms with Crippen molar-refractivity contribution in [3.63, 3.8) is 0 Å². The van der Waals surface area contributed by atoms with Gasteiger partial charge in [-0.05, 0) is 49.4 Å². The summed E-state index contributed by atoms with van der Waals surface area (Å²) in [5, 5.41) is 9.95. The summed E-state index contributed by atoms with van der Waals surface area (Å²) >= 11 is 0. The van der Waals surface area contributed by atoms with Gasteiger partial charge >= 0.3 is 0 Å². The molecule has 2 aliphatic rings. The number of methoxy groups -OCH3 is 2. The van der Waals surface area contributed by atoms with Crippen molar-refractivity contribution in [2.45, 2.75) is 17.4 Å². The molecule has 47 heavy (non-hydrogen) atoms. The van der Waals surface area contributed by atoms with Crippen LogP contribution in [0.3, 0.4) is 0 Å². The van der Waals surface area contributed by atoms with E-state index < -0.39 is 27.3 Å². The molecule has 1 aromatic heterocycles. The Bertz CT molecular complexity index is 1990. The van der Waals surface area contributed by atoms with Gasteiger partial charge in [-0.1, -0.05) is 18.2 Å². The van der Waals surface area contributed by atoms with E-state index in [0.717, 1.165) is 10.5 Å². The lowest BCUT2D eigenvalue weighted by Gasteiger charge is -2.46. The summed E-state index contributed by atoms with van der Waals surface area (Å²) in [6.45, 7) is 3.22. The molecule has 242 valence electrons. The number of pyridine rings is 1. The maximum atomic E-state index is 15.3. The lowest BCUT2D eigenvalue weighted by Crippen LogP contribution is -2.60. The fourth-order valence-electron chi connectivity index (χ4n) is 6.46. The highest BCUT2D eigenvalue weighted by atomic mass is 32.2. The Hall–Kier alpha value is -5.19. The lowest BCUT2D eigenvalue weighted by atomic mass is 9.80. The van der Waals surface area contributed by atoms with Crippen molar-refractivity contribution in [2.75, 3.05) is 56.2 Å². The summed E-state index contributed by atoms with van der Waals surface area (Å²) < 4.78 is 61.6. The zero-order valence-electron chi connectivity index (χ0n) is 26.0. The molecule has 0 N–H and O–H groups in total. The minimum atomic E-state index is -4.60. The summed E-state index contributed by atoms with van der Waals surface area (Å²) in [5.74, 6) is -0.482. The van der Waals surface area contributed by atoms with Gasteiger partial charge in [0.15, 0.2) is 11.4 Å². The molecular formula is C34H32FN5O6S. The molecule has 2 aliphatic heterocycles. The summed E-state index contributed by atoms with van der Waals surface area (Å²) in [4.78, 5) is 22.7. The van der Waals surface area contributed by atoms with E-state index in [-0.39, 0.29) is 41.6 Å². The van der Waals surface area contributed by atoms with E-state index in [1.54, 1.807) is 36.4 Å². The molecule has 3 aromatic carbocycles. The first-order valence-electron chi connectivity index (χ1n) is 14.9. The second-order valence-electron chi connectivity index (χ2n) is 10.9. The van der Waals surface area contributed by atoms with Crippen LogP contribution in [-0.2, 0) is 20.4 Å². The number of nitriles is 1. The first kappa shape index (κ1) is 31.8. The fraction of sp³-hybridized carbons (Fsp3) is 0.265. The molecule has 13 heteroatoms. The molecule has 0 spiro atoms. The molecule has 0 aliphatic carbocycles. The molecule has 1 unspecified atom stereocenters. The van der Waals surface area contributed by atoms with Gasteiger partial charge in [0.05, 0.1) is 50.0 Å². The van der Waals surface area contributed by atoms with E-state index in [1.165, 1.54) is 50.7 Å². The summed E-state index contributed by atoms with van der Waals surface area (Å²) in [5.41, 5.74) is -0.276. The van der Waals surface area contributed by atoms with Gasteiger partial charge in [-0.15, -0.1) is 0 Å². The number of nitrogens with zero attached hydrogens (tertiary/aromatic N) is 5. The highest BCUT2D eigenvalue weighted by Crippen LogP contribution is 2.53. The standard InChI is InChI=1S/C34H32FN5O6S/c1-4-46-30-8-6-5-7-25(30)34(39-17-15-38(16-18-39)29-13-14-37-22-27(29)35)26-19-23(21-36)9-11-28(26)40(33(34)41)47(42,43)32-12-10-24(44-2)20-31(32)45-3/h5-14,19-20,22H,4,15-18H2,1-3H3. The summed E-state index contributed by atoms with van der Waals surface area (Å²) in [6, 6.07) is 19.5. The third-order valence-electron chi connectivity index (χ3n) is 8.54. The highest BCUT2D eigenvalue weighted by Gasteiger charge is 2.61. The number of aromatic nitrogens is 1. The van der Waals surface area contributed by atoms with E-state index in [1.807, 2.05) is 16.7 Å². The molecule has 1 saturated heterocycles. The Morgan fingerprint density at radius 3 is 2.38 bits per heavy atom. The van der Waals surface area contributed by atoms with E-state index in [2.05, 4.69) is 11.1 Å². The number of rotatable bonds is 9. The zero-order valence-corrected chi connectivity index (χ0v) is 26.8. The van der Waals surface area contributed by atoms with Gasteiger partial charge in [0.1, 0.15) is 22.1 Å². The van der Waals surface area contributed by atoms with Crippen molar-refractivity contribution in [1.82, 2.24) is 9.88 Å².